The Hall–Kier alpha value is -2.80. The van der Waals surface area contributed by atoms with E-state index < -0.39 is 15.7 Å². The van der Waals surface area contributed by atoms with Crippen molar-refractivity contribution >= 4 is 31.8 Å². The fourth-order valence-electron chi connectivity index (χ4n) is 3.55. The highest BCUT2D eigenvalue weighted by molar-refractivity contribution is 7.91. The molecule has 0 aliphatic rings. The van der Waals surface area contributed by atoms with Crippen LogP contribution in [0.2, 0.25) is 0 Å². The van der Waals surface area contributed by atoms with Gasteiger partial charge < -0.3 is 4.57 Å². The van der Waals surface area contributed by atoms with E-state index >= 15 is 0 Å². The van der Waals surface area contributed by atoms with Gasteiger partial charge in [-0.1, -0.05) is 31.5 Å². The molecule has 2 aromatic carbocycles. The second-order valence-corrected chi connectivity index (χ2v) is 9.17. The molecule has 2 heterocycles. The predicted molar refractivity (Wildman–Crippen MR) is 112 cm³/mol. The van der Waals surface area contributed by atoms with E-state index in [1.54, 1.807) is 6.20 Å². The molecule has 29 heavy (non-hydrogen) atoms. The molecule has 0 saturated heterocycles. The molecular formula is C22H22FN3O2S. The van der Waals surface area contributed by atoms with E-state index in [0.717, 1.165) is 47.0 Å². The molecule has 0 saturated carbocycles. The first-order valence-electron chi connectivity index (χ1n) is 9.71. The van der Waals surface area contributed by atoms with Gasteiger partial charge in [0.05, 0.1) is 27.9 Å². The van der Waals surface area contributed by atoms with E-state index in [0.29, 0.717) is 0 Å². The Morgan fingerprint density at radius 2 is 1.79 bits per heavy atom. The highest BCUT2D eigenvalue weighted by Gasteiger charge is 2.19. The van der Waals surface area contributed by atoms with Gasteiger partial charge in [0, 0.05) is 18.4 Å². The van der Waals surface area contributed by atoms with Gasteiger partial charge in [-0.05, 0) is 36.8 Å². The van der Waals surface area contributed by atoms with Crippen molar-refractivity contribution in [3.8, 4) is 0 Å². The van der Waals surface area contributed by atoms with E-state index in [9.17, 15) is 12.8 Å². The smallest absolute Gasteiger partial charge is 0.180 e. The normalized spacial score (nSPS) is 12.1. The van der Waals surface area contributed by atoms with Crippen LogP contribution in [-0.2, 0) is 22.8 Å². The van der Waals surface area contributed by atoms with Crippen molar-refractivity contribution in [3.63, 3.8) is 0 Å². The predicted octanol–water partition coefficient (Wildman–Crippen LogP) is 4.54. The highest BCUT2D eigenvalue weighted by atomic mass is 32.2. The zero-order valence-electron chi connectivity index (χ0n) is 16.2. The molecule has 0 N–H and O–H groups in total. The van der Waals surface area contributed by atoms with Crippen LogP contribution in [-0.4, -0.2) is 28.7 Å². The second-order valence-electron chi connectivity index (χ2n) is 7.07. The number of rotatable bonds is 7. The van der Waals surface area contributed by atoms with Crippen molar-refractivity contribution in [1.29, 1.82) is 0 Å². The summed E-state index contributed by atoms with van der Waals surface area (Å²) in [5, 5.41) is 0.958. The first-order valence-corrected chi connectivity index (χ1v) is 11.4. The summed E-state index contributed by atoms with van der Waals surface area (Å²) in [7, 11) is -3.54. The van der Waals surface area contributed by atoms with Crippen LogP contribution in [0.1, 0.15) is 25.6 Å². The average molecular weight is 412 g/mol. The number of pyridine rings is 1. The molecule has 0 aliphatic heterocycles. The Balaban J connectivity index is 1.76. The lowest BCUT2D eigenvalue weighted by atomic mass is 10.2. The SMILES string of the molecule is CCCCc1nc2cnc3ccccc3c2n1CCS(=O)(=O)c1ccc(F)cc1. The van der Waals surface area contributed by atoms with Crippen molar-refractivity contribution in [3.05, 3.63) is 66.4 Å². The first-order chi connectivity index (χ1) is 14.0. The lowest BCUT2D eigenvalue weighted by molar-refractivity contribution is 0.585. The molecule has 0 atom stereocenters. The summed E-state index contributed by atoms with van der Waals surface area (Å²) in [5.41, 5.74) is 2.54. The molecule has 150 valence electrons. The minimum atomic E-state index is -3.54. The minimum absolute atomic E-state index is 0.0835. The summed E-state index contributed by atoms with van der Waals surface area (Å²) in [4.78, 5) is 9.35. The number of hydrogen-bond acceptors (Lipinski definition) is 4. The summed E-state index contributed by atoms with van der Waals surface area (Å²) < 4.78 is 40.8. The van der Waals surface area contributed by atoms with Gasteiger partial charge in [0.25, 0.3) is 0 Å². The van der Waals surface area contributed by atoms with E-state index in [4.69, 9.17) is 4.98 Å². The molecule has 0 bridgehead atoms. The molecule has 5 nitrogen and oxygen atoms in total. The Labute approximate surface area is 169 Å². The number of aryl methyl sites for hydroxylation is 2. The van der Waals surface area contributed by atoms with E-state index in [1.807, 2.05) is 28.8 Å². The topological polar surface area (TPSA) is 64.8 Å². The Morgan fingerprint density at radius 1 is 1.03 bits per heavy atom. The van der Waals surface area contributed by atoms with Crippen LogP contribution < -0.4 is 0 Å². The Morgan fingerprint density at radius 3 is 2.55 bits per heavy atom. The van der Waals surface area contributed by atoms with Crippen molar-refractivity contribution in [1.82, 2.24) is 14.5 Å². The van der Waals surface area contributed by atoms with Crippen LogP contribution >= 0.6 is 0 Å². The van der Waals surface area contributed by atoms with Gasteiger partial charge in [-0.3, -0.25) is 4.98 Å². The maximum Gasteiger partial charge on any atom is 0.180 e. The molecule has 0 amide bonds. The molecule has 4 aromatic rings. The number of aromatic nitrogens is 3. The number of nitrogens with zero attached hydrogens (tertiary/aromatic N) is 3. The van der Waals surface area contributed by atoms with Gasteiger partial charge in [-0.2, -0.15) is 0 Å². The molecule has 2 aromatic heterocycles. The zero-order valence-corrected chi connectivity index (χ0v) is 17.0. The number of benzene rings is 2. The van der Waals surface area contributed by atoms with Gasteiger partial charge in [-0.15, -0.1) is 0 Å². The summed E-state index contributed by atoms with van der Waals surface area (Å²) >= 11 is 0. The van der Waals surface area contributed by atoms with Crippen molar-refractivity contribution < 1.29 is 12.8 Å². The largest absolute Gasteiger partial charge is 0.326 e. The first kappa shape index (κ1) is 19.5. The van der Waals surface area contributed by atoms with Gasteiger partial charge in [0.1, 0.15) is 17.2 Å². The monoisotopic (exact) mass is 411 g/mol. The maximum atomic E-state index is 13.2. The number of fused-ring (bicyclic) bond motifs is 3. The van der Waals surface area contributed by atoms with Gasteiger partial charge in [-0.25, -0.2) is 17.8 Å². The van der Waals surface area contributed by atoms with Crippen molar-refractivity contribution in [2.24, 2.45) is 0 Å². The Kier molecular flexibility index (Phi) is 5.32. The third-order valence-electron chi connectivity index (χ3n) is 5.07. The maximum absolute atomic E-state index is 13.2. The molecular weight excluding hydrogens is 389 g/mol. The van der Waals surface area contributed by atoms with Gasteiger partial charge >= 0.3 is 0 Å². The van der Waals surface area contributed by atoms with Crippen LogP contribution in [0.25, 0.3) is 21.9 Å². The number of imidazole rings is 1. The second kappa shape index (κ2) is 7.91. The molecule has 0 spiro atoms. The number of unbranched alkanes of at least 4 members (excludes halogenated alkanes) is 1. The summed E-state index contributed by atoms with van der Waals surface area (Å²) in [6.45, 7) is 2.40. The van der Waals surface area contributed by atoms with Gasteiger partial charge in [0.2, 0.25) is 0 Å². The highest BCUT2D eigenvalue weighted by Crippen LogP contribution is 2.26. The van der Waals surface area contributed by atoms with Crippen LogP contribution in [0.3, 0.4) is 0 Å². The van der Waals surface area contributed by atoms with Gasteiger partial charge in [0.15, 0.2) is 9.84 Å². The van der Waals surface area contributed by atoms with Crippen LogP contribution in [0.15, 0.2) is 59.6 Å². The molecule has 7 heteroatoms. The third kappa shape index (κ3) is 3.87. The van der Waals surface area contributed by atoms with Crippen LogP contribution in [0.5, 0.6) is 0 Å². The molecule has 0 fully saturated rings. The van der Waals surface area contributed by atoms with Crippen LogP contribution in [0.4, 0.5) is 4.39 Å². The number of sulfone groups is 1. The van der Waals surface area contributed by atoms with Crippen molar-refractivity contribution in [2.75, 3.05) is 5.75 Å². The fraction of sp³-hybridized carbons (Fsp3) is 0.273. The summed E-state index contributed by atoms with van der Waals surface area (Å²) in [5.74, 6) is 0.333. The van der Waals surface area contributed by atoms with E-state index in [1.165, 1.54) is 24.3 Å². The third-order valence-corrected chi connectivity index (χ3v) is 6.78. The number of halogens is 1. The van der Waals surface area contributed by atoms with Crippen molar-refractivity contribution in [2.45, 2.75) is 37.6 Å². The average Bonchev–Trinajstić information content (AvgIpc) is 3.09. The lowest BCUT2D eigenvalue weighted by Crippen LogP contribution is -2.15. The van der Waals surface area contributed by atoms with Crippen LogP contribution in [0, 0.1) is 5.82 Å². The molecule has 0 radical (unpaired) electrons. The number of para-hydroxylation sites is 1. The summed E-state index contributed by atoms with van der Waals surface area (Å²) in [6.07, 6.45) is 4.52. The van der Waals surface area contributed by atoms with E-state index in [-0.39, 0.29) is 17.2 Å². The van der Waals surface area contributed by atoms with E-state index in [2.05, 4.69) is 11.9 Å². The summed E-state index contributed by atoms with van der Waals surface area (Å²) in [6, 6.07) is 12.8. The quantitative estimate of drug-likeness (QED) is 0.419. The zero-order chi connectivity index (χ0) is 20.4. The standard InChI is InChI=1S/C22H22FN3O2S/c1-2-3-8-21-25-20-15-24-19-7-5-4-6-18(19)22(20)26(21)13-14-29(27,28)17-11-9-16(23)10-12-17/h4-7,9-12,15H,2-3,8,13-14H2,1H3. The molecule has 4 rings (SSSR count). The fourth-order valence-corrected chi connectivity index (χ4v) is 4.76. The minimum Gasteiger partial charge on any atom is -0.326 e. The Bertz CT molecular complexity index is 1260. The number of hydrogen-bond donors (Lipinski definition) is 0. The molecule has 0 unspecified atom stereocenters. The molecule has 0 aliphatic carbocycles. The lowest BCUT2D eigenvalue weighted by Gasteiger charge is -2.11.